The van der Waals surface area contributed by atoms with Crippen LogP contribution in [-0.4, -0.2) is 5.33 Å². The Morgan fingerprint density at radius 2 is 1.77 bits per heavy atom. The van der Waals surface area contributed by atoms with Gasteiger partial charge in [0.2, 0.25) is 0 Å². The van der Waals surface area contributed by atoms with E-state index in [4.69, 9.17) is 0 Å². The quantitative estimate of drug-likeness (QED) is 0.376. The van der Waals surface area contributed by atoms with E-state index in [0.717, 1.165) is 12.1 Å². The first-order valence-electron chi connectivity index (χ1n) is 3.35. The summed E-state index contributed by atoms with van der Waals surface area (Å²) in [5, 5.41) is 0.280. The van der Waals surface area contributed by atoms with Crippen LogP contribution in [0.2, 0.25) is 0 Å². The third-order valence-corrected chi connectivity index (χ3v) is 1.60. The molecule has 0 aliphatic carbocycles. The summed E-state index contributed by atoms with van der Waals surface area (Å²) in [6.07, 6.45) is 0. The maximum absolute atomic E-state index is 12.9. The summed E-state index contributed by atoms with van der Waals surface area (Å²) in [5.74, 6) is 1.38. The average molecular weight is 249 g/mol. The van der Waals surface area contributed by atoms with E-state index in [1.54, 1.807) is 0 Å². The molecule has 0 saturated carbocycles. The molecule has 68 valence electrons. The molecule has 0 unspecified atom stereocenters. The van der Waals surface area contributed by atoms with E-state index < -0.39 is 23.0 Å². The van der Waals surface area contributed by atoms with Gasteiger partial charge in [0.05, 0.1) is 10.9 Å². The summed E-state index contributed by atoms with van der Waals surface area (Å²) in [6, 6.07) is 1.57. The van der Waals surface area contributed by atoms with Gasteiger partial charge in [-0.3, -0.25) is 0 Å². The highest BCUT2D eigenvalue weighted by atomic mass is 79.9. The molecule has 0 fully saturated rings. The maximum atomic E-state index is 12.9. The van der Waals surface area contributed by atoms with Gasteiger partial charge in [-0.1, -0.05) is 27.8 Å². The van der Waals surface area contributed by atoms with Crippen molar-refractivity contribution in [2.75, 3.05) is 5.33 Å². The van der Waals surface area contributed by atoms with Crippen LogP contribution in [0.1, 0.15) is 5.56 Å². The van der Waals surface area contributed by atoms with Gasteiger partial charge < -0.3 is 0 Å². The first-order chi connectivity index (χ1) is 6.16. The van der Waals surface area contributed by atoms with Crippen LogP contribution in [0.25, 0.3) is 0 Å². The van der Waals surface area contributed by atoms with Gasteiger partial charge in [0.25, 0.3) is 0 Å². The lowest BCUT2D eigenvalue weighted by Crippen LogP contribution is -1.93. The summed E-state index contributed by atoms with van der Waals surface area (Å²) < 4.78 is 38.2. The van der Waals surface area contributed by atoms with Crippen LogP contribution in [0, 0.1) is 29.3 Å². The van der Waals surface area contributed by atoms with Crippen LogP contribution in [0.15, 0.2) is 12.1 Å². The molecule has 0 bridgehead atoms. The predicted molar refractivity (Wildman–Crippen MR) is 47.0 cm³/mol. The number of benzene rings is 1. The van der Waals surface area contributed by atoms with E-state index in [-0.39, 0.29) is 5.33 Å². The lowest BCUT2D eigenvalue weighted by Gasteiger charge is -1.96. The molecule has 0 radical (unpaired) electrons. The third kappa shape index (κ3) is 2.25. The van der Waals surface area contributed by atoms with E-state index in [2.05, 4.69) is 27.8 Å². The Morgan fingerprint density at radius 1 is 1.15 bits per heavy atom. The Kier molecular flexibility index (Phi) is 3.38. The summed E-state index contributed by atoms with van der Waals surface area (Å²) >= 11 is 2.96. The first kappa shape index (κ1) is 10.1. The molecule has 0 amide bonds. The normalized spacial score (nSPS) is 9.23. The second-order valence-corrected chi connectivity index (χ2v) is 2.71. The van der Waals surface area contributed by atoms with Gasteiger partial charge in [-0.05, 0) is 12.1 Å². The molecule has 0 saturated heterocycles. The molecule has 1 rings (SSSR count). The molecule has 0 heterocycles. The van der Waals surface area contributed by atoms with Crippen LogP contribution < -0.4 is 0 Å². The standard InChI is InChI=1S/C9H4BrF3/c10-5-1-2-6-7(11)3-4-8(12)9(6)13/h3-4H,5H2. The summed E-state index contributed by atoms with van der Waals surface area (Å²) in [4.78, 5) is 0. The molecule has 1 aromatic carbocycles. The smallest absolute Gasteiger partial charge is 0.177 e. The van der Waals surface area contributed by atoms with Crippen molar-refractivity contribution in [3.8, 4) is 11.8 Å². The molecule has 0 aromatic heterocycles. The van der Waals surface area contributed by atoms with Crippen LogP contribution >= 0.6 is 15.9 Å². The summed E-state index contributed by atoms with van der Waals surface area (Å²) in [5.41, 5.74) is -0.528. The van der Waals surface area contributed by atoms with E-state index in [0.29, 0.717) is 0 Å². The van der Waals surface area contributed by atoms with Crippen molar-refractivity contribution in [3.63, 3.8) is 0 Å². The maximum Gasteiger partial charge on any atom is 0.177 e. The minimum absolute atomic E-state index is 0.280. The fourth-order valence-corrected chi connectivity index (χ4v) is 0.904. The largest absolute Gasteiger partial charge is 0.206 e. The number of hydrogen-bond acceptors (Lipinski definition) is 0. The number of hydrogen-bond donors (Lipinski definition) is 0. The second-order valence-electron chi connectivity index (χ2n) is 2.15. The Balaban J connectivity index is 3.25. The zero-order chi connectivity index (χ0) is 9.84. The van der Waals surface area contributed by atoms with Crippen LogP contribution in [0.3, 0.4) is 0 Å². The molecule has 0 N–H and O–H groups in total. The molecular formula is C9H4BrF3. The SMILES string of the molecule is Fc1ccc(F)c(C#CCBr)c1F. The van der Waals surface area contributed by atoms with E-state index in [1.807, 2.05) is 0 Å². The molecule has 0 spiro atoms. The van der Waals surface area contributed by atoms with Gasteiger partial charge in [0.1, 0.15) is 5.82 Å². The fraction of sp³-hybridized carbons (Fsp3) is 0.111. The number of halogens is 4. The summed E-state index contributed by atoms with van der Waals surface area (Å²) in [6.45, 7) is 0. The molecule has 13 heavy (non-hydrogen) atoms. The van der Waals surface area contributed by atoms with Crippen molar-refractivity contribution in [3.05, 3.63) is 35.1 Å². The number of alkyl halides is 1. The molecule has 0 aliphatic rings. The van der Waals surface area contributed by atoms with Gasteiger partial charge in [0.15, 0.2) is 11.6 Å². The van der Waals surface area contributed by atoms with Gasteiger partial charge in [-0.25, -0.2) is 13.2 Å². The molecule has 0 atom stereocenters. The Bertz CT molecular complexity index is 376. The minimum atomic E-state index is -1.24. The van der Waals surface area contributed by atoms with Crippen molar-refractivity contribution in [1.82, 2.24) is 0 Å². The fourth-order valence-electron chi connectivity index (χ4n) is 0.763. The van der Waals surface area contributed by atoms with Crippen molar-refractivity contribution in [2.45, 2.75) is 0 Å². The zero-order valence-corrected chi connectivity index (χ0v) is 7.96. The lowest BCUT2D eigenvalue weighted by molar-refractivity contribution is 0.491. The van der Waals surface area contributed by atoms with Gasteiger partial charge in [-0.2, -0.15) is 0 Å². The van der Waals surface area contributed by atoms with E-state index >= 15 is 0 Å². The van der Waals surface area contributed by atoms with Crippen molar-refractivity contribution in [1.29, 1.82) is 0 Å². The Hall–Kier alpha value is -0.950. The first-order valence-corrected chi connectivity index (χ1v) is 4.47. The Morgan fingerprint density at radius 3 is 2.38 bits per heavy atom. The number of rotatable bonds is 0. The highest BCUT2D eigenvalue weighted by Gasteiger charge is 2.10. The van der Waals surface area contributed by atoms with Crippen LogP contribution in [0.5, 0.6) is 0 Å². The second kappa shape index (κ2) is 4.33. The highest BCUT2D eigenvalue weighted by Crippen LogP contribution is 2.14. The van der Waals surface area contributed by atoms with Crippen molar-refractivity contribution >= 4 is 15.9 Å². The summed E-state index contributed by atoms with van der Waals surface area (Å²) in [7, 11) is 0. The van der Waals surface area contributed by atoms with Crippen LogP contribution in [-0.2, 0) is 0 Å². The van der Waals surface area contributed by atoms with Gasteiger partial charge in [0, 0.05) is 0 Å². The van der Waals surface area contributed by atoms with E-state index in [9.17, 15) is 13.2 Å². The van der Waals surface area contributed by atoms with Gasteiger partial charge >= 0.3 is 0 Å². The molecule has 0 aliphatic heterocycles. The topological polar surface area (TPSA) is 0 Å². The third-order valence-electron chi connectivity index (χ3n) is 1.32. The van der Waals surface area contributed by atoms with Crippen molar-refractivity contribution < 1.29 is 13.2 Å². The minimum Gasteiger partial charge on any atom is -0.206 e. The molecular weight excluding hydrogens is 245 g/mol. The van der Waals surface area contributed by atoms with Crippen molar-refractivity contribution in [2.24, 2.45) is 0 Å². The zero-order valence-electron chi connectivity index (χ0n) is 6.37. The Labute approximate surface area is 81.9 Å². The predicted octanol–water partition coefficient (Wildman–Crippen LogP) is 2.85. The lowest BCUT2D eigenvalue weighted by atomic mass is 10.2. The van der Waals surface area contributed by atoms with Crippen LogP contribution in [0.4, 0.5) is 13.2 Å². The molecule has 4 heteroatoms. The van der Waals surface area contributed by atoms with Gasteiger partial charge in [-0.15, -0.1) is 0 Å². The monoisotopic (exact) mass is 248 g/mol. The molecule has 1 aromatic rings. The highest BCUT2D eigenvalue weighted by molar-refractivity contribution is 9.09. The average Bonchev–Trinajstić information content (AvgIpc) is 2.12. The van der Waals surface area contributed by atoms with E-state index in [1.165, 1.54) is 0 Å². The molecule has 0 nitrogen and oxygen atoms in total.